The number of anilines is 1. The largest absolute Gasteiger partial charge is 0.494 e. The zero-order valence-corrected chi connectivity index (χ0v) is 15.3. The standard InChI is InChI=1S/C19H23FN2O4/c1-5-26-18-11-14(7-9-17(18)25-4)21-19(23)22(2)12-13-6-8-16(24-3)15(20)10-13/h6-11H,5,12H2,1-4H3,(H,21,23). The van der Waals surface area contributed by atoms with Crippen molar-refractivity contribution < 1.29 is 23.4 Å². The normalized spacial score (nSPS) is 10.2. The van der Waals surface area contributed by atoms with Crippen LogP contribution in [0.4, 0.5) is 14.9 Å². The highest BCUT2D eigenvalue weighted by molar-refractivity contribution is 5.89. The van der Waals surface area contributed by atoms with Gasteiger partial charge in [-0.2, -0.15) is 0 Å². The number of methoxy groups -OCH3 is 2. The molecule has 0 spiro atoms. The highest BCUT2D eigenvalue weighted by Crippen LogP contribution is 2.30. The van der Waals surface area contributed by atoms with Crippen LogP contribution in [-0.4, -0.2) is 38.8 Å². The van der Waals surface area contributed by atoms with Crippen molar-refractivity contribution in [1.82, 2.24) is 4.90 Å². The van der Waals surface area contributed by atoms with Gasteiger partial charge in [-0.1, -0.05) is 6.07 Å². The van der Waals surface area contributed by atoms with Crippen molar-refractivity contribution in [2.45, 2.75) is 13.5 Å². The molecule has 0 bridgehead atoms. The summed E-state index contributed by atoms with van der Waals surface area (Å²) in [7, 11) is 4.59. The second kappa shape index (κ2) is 8.94. The molecule has 7 heteroatoms. The van der Waals surface area contributed by atoms with Crippen molar-refractivity contribution in [3.05, 3.63) is 47.8 Å². The Morgan fingerprint density at radius 3 is 2.38 bits per heavy atom. The van der Waals surface area contributed by atoms with E-state index in [-0.39, 0.29) is 18.3 Å². The van der Waals surface area contributed by atoms with Crippen molar-refractivity contribution in [2.24, 2.45) is 0 Å². The second-order valence-electron chi connectivity index (χ2n) is 5.55. The molecular weight excluding hydrogens is 339 g/mol. The van der Waals surface area contributed by atoms with Crippen LogP contribution in [0.3, 0.4) is 0 Å². The van der Waals surface area contributed by atoms with Crippen LogP contribution < -0.4 is 19.5 Å². The molecule has 0 fully saturated rings. The van der Waals surface area contributed by atoms with Gasteiger partial charge in [0.25, 0.3) is 0 Å². The van der Waals surface area contributed by atoms with Crippen LogP contribution in [0.5, 0.6) is 17.2 Å². The van der Waals surface area contributed by atoms with Crippen LogP contribution >= 0.6 is 0 Å². The molecule has 2 amide bonds. The number of benzene rings is 2. The van der Waals surface area contributed by atoms with Crippen molar-refractivity contribution in [3.8, 4) is 17.2 Å². The van der Waals surface area contributed by atoms with Crippen molar-refractivity contribution in [3.63, 3.8) is 0 Å². The van der Waals surface area contributed by atoms with E-state index in [9.17, 15) is 9.18 Å². The second-order valence-corrected chi connectivity index (χ2v) is 5.55. The quantitative estimate of drug-likeness (QED) is 0.811. The number of carbonyl (C=O) groups excluding carboxylic acids is 1. The molecule has 0 saturated carbocycles. The summed E-state index contributed by atoms with van der Waals surface area (Å²) in [4.78, 5) is 13.8. The summed E-state index contributed by atoms with van der Waals surface area (Å²) in [5, 5.41) is 2.78. The van der Waals surface area contributed by atoms with Gasteiger partial charge in [-0.25, -0.2) is 9.18 Å². The van der Waals surface area contributed by atoms with E-state index in [2.05, 4.69) is 5.32 Å². The minimum absolute atomic E-state index is 0.169. The Balaban J connectivity index is 2.04. The molecule has 0 heterocycles. The van der Waals surface area contributed by atoms with Crippen LogP contribution in [0.2, 0.25) is 0 Å². The first-order valence-electron chi connectivity index (χ1n) is 8.13. The number of urea groups is 1. The Kier molecular flexibility index (Phi) is 6.66. The lowest BCUT2D eigenvalue weighted by Crippen LogP contribution is -2.30. The Hall–Kier alpha value is -2.96. The van der Waals surface area contributed by atoms with Gasteiger partial charge in [0.2, 0.25) is 0 Å². The van der Waals surface area contributed by atoms with Crippen LogP contribution in [0.1, 0.15) is 12.5 Å². The van der Waals surface area contributed by atoms with E-state index in [1.165, 1.54) is 24.1 Å². The van der Waals surface area contributed by atoms with E-state index in [0.29, 0.717) is 29.4 Å². The Morgan fingerprint density at radius 2 is 1.77 bits per heavy atom. The first-order chi connectivity index (χ1) is 12.5. The molecule has 0 aliphatic carbocycles. The number of amides is 2. The Bertz CT molecular complexity index is 767. The molecule has 1 N–H and O–H groups in total. The highest BCUT2D eigenvalue weighted by atomic mass is 19.1. The number of halogens is 1. The minimum Gasteiger partial charge on any atom is -0.494 e. The Labute approximate surface area is 152 Å². The molecule has 2 rings (SSSR count). The van der Waals surface area contributed by atoms with Gasteiger partial charge in [-0.15, -0.1) is 0 Å². The summed E-state index contributed by atoms with van der Waals surface area (Å²) >= 11 is 0. The molecule has 0 radical (unpaired) electrons. The van der Waals surface area contributed by atoms with Crippen LogP contribution in [0.15, 0.2) is 36.4 Å². The van der Waals surface area contributed by atoms with Gasteiger partial charge in [-0.05, 0) is 36.8 Å². The van der Waals surface area contributed by atoms with E-state index in [1.54, 1.807) is 38.4 Å². The van der Waals surface area contributed by atoms with Crippen LogP contribution in [0.25, 0.3) is 0 Å². The average Bonchev–Trinajstić information content (AvgIpc) is 2.62. The molecule has 0 aromatic heterocycles. The molecule has 2 aromatic rings. The first-order valence-corrected chi connectivity index (χ1v) is 8.13. The predicted octanol–water partition coefficient (Wildman–Crippen LogP) is 3.91. The van der Waals surface area contributed by atoms with E-state index in [4.69, 9.17) is 14.2 Å². The van der Waals surface area contributed by atoms with Gasteiger partial charge in [0.05, 0.1) is 20.8 Å². The third-order valence-electron chi connectivity index (χ3n) is 3.70. The van der Waals surface area contributed by atoms with Crippen molar-refractivity contribution >= 4 is 11.7 Å². The maximum atomic E-state index is 13.8. The van der Waals surface area contributed by atoms with E-state index >= 15 is 0 Å². The lowest BCUT2D eigenvalue weighted by Gasteiger charge is -2.19. The van der Waals surface area contributed by atoms with Gasteiger partial charge < -0.3 is 24.4 Å². The summed E-state index contributed by atoms with van der Waals surface area (Å²) in [5.74, 6) is 0.845. The van der Waals surface area contributed by atoms with Gasteiger partial charge in [0.1, 0.15) is 0 Å². The molecule has 26 heavy (non-hydrogen) atoms. The Morgan fingerprint density at radius 1 is 1.08 bits per heavy atom. The fourth-order valence-corrected chi connectivity index (χ4v) is 2.40. The fraction of sp³-hybridized carbons (Fsp3) is 0.316. The molecule has 0 aliphatic heterocycles. The first kappa shape index (κ1) is 19.4. The SMILES string of the molecule is CCOc1cc(NC(=O)N(C)Cc2ccc(OC)c(F)c2)ccc1OC. The molecule has 2 aromatic carbocycles. The van der Waals surface area contributed by atoms with E-state index < -0.39 is 5.82 Å². The molecular formula is C19H23FN2O4. The maximum Gasteiger partial charge on any atom is 0.321 e. The molecule has 0 aliphatic rings. The molecule has 6 nitrogen and oxygen atoms in total. The van der Waals surface area contributed by atoms with Crippen molar-refractivity contribution in [1.29, 1.82) is 0 Å². The van der Waals surface area contributed by atoms with Crippen molar-refractivity contribution in [2.75, 3.05) is 33.2 Å². The number of nitrogens with one attached hydrogen (secondary N) is 1. The number of hydrogen-bond acceptors (Lipinski definition) is 4. The monoisotopic (exact) mass is 362 g/mol. The maximum absolute atomic E-state index is 13.8. The number of nitrogens with zero attached hydrogens (tertiary/aromatic N) is 1. The van der Waals surface area contributed by atoms with Crippen LogP contribution in [0, 0.1) is 5.82 Å². The summed E-state index contributed by atoms with van der Waals surface area (Å²) in [6.45, 7) is 2.60. The molecule has 0 unspecified atom stereocenters. The zero-order valence-electron chi connectivity index (χ0n) is 15.3. The van der Waals surface area contributed by atoms with Gasteiger partial charge in [-0.3, -0.25) is 0 Å². The van der Waals surface area contributed by atoms with Gasteiger partial charge >= 0.3 is 6.03 Å². The molecule has 140 valence electrons. The number of carbonyl (C=O) groups is 1. The topological polar surface area (TPSA) is 60.0 Å². The van der Waals surface area contributed by atoms with Crippen LogP contribution in [-0.2, 0) is 6.54 Å². The van der Waals surface area contributed by atoms with Gasteiger partial charge in [0.15, 0.2) is 23.1 Å². The summed E-state index contributed by atoms with van der Waals surface area (Å²) in [6, 6.07) is 9.42. The predicted molar refractivity (Wildman–Crippen MR) is 97.6 cm³/mol. The lowest BCUT2D eigenvalue weighted by atomic mass is 10.2. The molecule has 0 saturated heterocycles. The molecule has 0 atom stereocenters. The smallest absolute Gasteiger partial charge is 0.321 e. The average molecular weight is 362 g/mol. The summed E-state index contributed by atoms with van der Waals surface area (Å²) < 4.78 is 29.4. The number of hydrogen-bond donors (Lipinski definition) is 1. The van der Waals surface area contributed by atoms with E-state index in [1.807, 2.05) is 6.92 Å². The number of rotatable bonds is 7. The zero-order chi connectivity index (χ0) is 19.1. The lowest BCUT2D eigenvalue weighted by molar-refractivity contribution is 0.220. The third kappa shape index (κ3) is 4.78. The highest BCUT2D eigenvalue weighted by Gasteiger charge is 2.13. The fourth-order valence-electron chi connectivity index (χ4n) is 2.40. The summed E-state index contributed by atoms with van der Waals surface area (Å²) in [6.07, 6.45) is 0. The summed E-state index contributed by atoms with van der Waals surface area (Å²) in [5.41, 5.74) is 1.23. The number of ether oxygens (including phenoxy) is 3. The van der Waals surface area contributed by atoms with E-state index in [0.717, 1.165) is 0 Å². The minimum atomic E-state index is -0.463. The van der Waals surface area contributed by atoms with Gasteiger partial charge in [0, 0.05) is 25.3 Å². The third-order valence-corrected chi connectivity index (χ3v) is 3.70.